The van der Waals surface area contributed by atoms with Crippen LogP contribution in [0.4, 0.5) is 4.39 Å². The van der Waals surface area contributed by atoms with Gasteiger partial charge in [0.05, 0.1) is 19.2 Å². The van der Waals surface area contributed by atoms with Gasteiger partial charge < -0.3 is 10.1 Å². The summed E-state index contributed by atoms with van der Waals surface area (Å²) < 4.78 is 18.1. The zero-order chi connectivity index (χ0) is 12.3. The first-order valence-electron chi connectivity index (χ1n) is 5.78. The van der Waals surface area contributed by atoms with Crippen molar-refractivity contribution in [3.63, 3.8) is 0 Å². The quantitative estimate of drug-likeness (QED) is 0.769. The van der Waals surface area contributed by atoms with E-state index < -0.39 is 5.82 Å². The highest BCUT2D eigenvalue weighted by Gasteiger charge is 2.21. The molecule has 17 heavy (non-hydrogen) atoms. The first-order valence-corrected chi connectivity index (χ1v) is 5.78. The molecule has 2 rings (SSSR count). The molecule has 1 aromatic carbocycles. The van der Waals surface area contributed by atoms with Crippen LogP contribution in [0.2, 0.25) is 0 Å². The summed E-state index contributed by atoms with van der Waals surface area (Å²) in [6, 6.07) is 3.98. The minimum atomic E-state index is -0.420. The molecule has 0 aromatic heterocycles. The minimum absolute atomic E-state index is 0.137. The topological polar surface area (TPSA) is 38.3 Å². The van der Waals surface area contributed by atoms with E-state index in [1.165, 1.54) is 38.2 Å². The summed E-state index contributed by atoms with van der Waals surface area (Å²) in [6.07, 6.45) is 2.48. The van der Waals surface area contributed by atoms with Crippen LogP contribution in [0.1, 0.15) is 23.2 Å². The highest BCUT2D eigenvalue weighted by Crippen LogP contribution is 2.27. The molecule has 3 nitrogen and oxygen atoms in total. The third-order valence-electron chi connectivity index (χ3n) is 2.88. The Kier molecular flexibility index (Phi) is 3.74. The Hall–Kier alpha value is -1.42. The van der Waals surface area contributed by atoms with Crippen molar-refractivity contribution in [1.29, 1.82) is 0 Å². The number of nitrogens with one attached hydrogen (secondary N) is 1. The van der Waals surface area contributed by atoms with Crippen LogP contribution in [-0.2, 0) is 0 Å². The van der Waals surface area contributed by atoms with Gasteiger partial charge in [0.2, 0.25) is 0 Å². The van der Waals surface area contributed by atoms with Crippen molar-refractivity contribution in [1.82, 2.24) is 5.32 Å². The number of rotatable bonds is 6. The number of carbonyl (C=O) groups is 1. The zero-order valence-corrected chi connectivity index (χ0v) is 9.83. The molecule has 0 atom stereocenters. The van der Waals surface area contributed by atoms with E-state index in [0.29, 0.717) is 11.3 Å². The van der Waals surface area contributed by atoms with Gasteiger partial charge in [-0.25, -0.2) is 4.39 Å². The Morgan fingerprint density at radius 1 is 1.53 bits per heavy atom. The average Bonchev–Trinajstić information content (AvgIpc) is 3.13. The molecule has 0 radical (unpaired) electrons. The minimum Gasteiger partial charge on any atom is -0.496 e. The van der Waals surface area contributed by atoms with Crippen LogP contribution in [0.25, 0.3) is 0 Å². The Morgan fingerprint density at radius 2 is 2.29 bits per heavy atom. The van der Waals surface area contributed by atoms with Gasteiger partial charge in [0.1, 0.15) is 11.6 Å². The van der Waals surface area contributed by atoms with Gasteiger partial charge in [-0.2, -0.15) is 0 Å². The lowest BCUT2D eigenvalue weighted by molar-refractivity contribution is 0.0987. The van der Waals surface area contributed by atoms with E-state index in [9.17, 15) is 9.18 Å². The van der Waals surface area contributed by atoms with Crippen molar-refractivity contribution in [2.24, 2.45) is 5.92 Å². The molecule has 0 unspecified atom stereocenters. The van der Waals surface area contributed by atoms with E-state index in [4.69, 9.17) is 4.74 Å². The predicted octanol–water partition coefficient (Wildman–Crippen LogP) is 2.02. The largest absolute Gasteiger partial charge is 0.496 e. The van der Waals surface area contributed by atoms with Gasteiger partial charge >= 0.3 is 0 Å². The lowest BCUT2D eigenvalue weighted by atomic mass is 10.1. The van der Waals surface area contributed by atoms with Crippen LogP contribution >= 0.6 is 0 Å². The van der Waals surface area contributed by atoms with Crippen LogP contribution in [0.15, 0.2) is 18.2 Å². The first-order chi connectivity index (χ1) is 8.20. The number of hydrogen-bond donors (Lipinski definition) is 1. The smallest absolute Gasteiger partial charge is 0.180 e. The highest BCUT2D eigenvalue weighted by molar-refractivity contribution is 6.00. The van der Waals surface area contributed by atoms with Gasteiger partial charge in [-0.05, 0) is 43.5 Å². The van der Waals surface area contributed by atoms with Crippen LogP contribution in [0.5, 0.6) is 5.75 Å². The Bertz CT molecular complexity index is 416. The van der Waals surface area contributed by atoms with Gasteiger partial charge in [0, 0.05) is 0 Å². The first kappa shape index (κ1) is 12.0. The fraction of sp³-hybridized carbons (Fsp3) is 0.462. The van der Waals surface area contributed by atoms with Crippen molar-refractivity contribution in [2.75, 3.05) is 20.2 Å². The summed E-state index contributed by atoms with van der Waals surface area (Å²) in [6.45, 7) is 1.10. The van der Waals surface area contributed by atoms with Crippen molar-refractivity contribution in [2.45, 2.75) is 12.8 Å². The summed E-state index contributed by atoms with van der Waals surface area (Å²) in [7, 11) is 1.47. The van der Waals surface area contributed by atoms with Crippen molar-refractivity contribution >= 4 is 5.78 Å². The van der Waals surface area contributed by atoms with Crippen LogP contribution < -0.4 is 10.1 Å². The number of Topliss-reactive ketones (excluding diaryl/α,β-unsaturated/α-hetero) is 1. The maximum absolute atomic E-state index is 13.1. The van der Waals surface area contributed by atoms with E-state index >= 15 is 0 Å². The molecular formula is C13H16FNO2. The predicted molar refractivity (Wildman–Crippen MR) is 62.9 cm³/mol. The molecule has 1 fully saturated rings. The maximum Gasteiger partial charge on any atom is 0.180 e. The molecule has 4 heteroatoms. The monoisotopic (exact) mass is 237 g/mol. The lowest BCUT2D eigenvalue weighted by Gasteiger charge is -2.08. The Morgan fingerprint density at radius 3 is 2.94 bits per heavy atom. The number of benzene rings is 1. The molecule has 1 aliphatic carbocycles. The second-order valence-corrected chi connectivity index (χ2v) is 4.34. The van der Waals surface area contributed by atoms with Crippen LogP contribution in [-0.4, -0.2) is 26.0 Å². The van der Waals surface area contributed by atoms with Gasteiger partial charge in [-0.1, -0.05) is 0 Å². The molecule has 0 bridgehead atoms. The van der Waals surface area contributed by atoms with Gasteiger partial charge in [0.25, 0.3) is 0 Å². The number of ether oxygens (including phenoxy) is 1. The molecule has 1 N–H and O–H groups in total. The molecule has 1 aromatic rings. The fourth-order valence-corrected chi connectivity index (χ4v) is 1.71. The molecule has 0 spiro atoms. The van der Waals surface area contributed by atoms with Crippen LogP contribution in [0, 0.1) is 11.7 Å². The molecule has 0 heterocycles. The van der Waals surface area contributed by atoms with Gasteiger partial charge in [0.15, 0.2) is 5.78 Å². The highest BCUT2D eigenvalue weighted by atomic mass is 19.1. The van der Waals surface area contributed by atoms with Crippen molar-refractivity contribution in [3.05, 3.63) is 29.6 Å². The summed E-state index contributed by atoms with van der Waals surface area (Å²) in [5.74, 6) is 0.583. The Balaban J connectivity index is 1.98. The molecule has 92 valence electrons. The molecule has 0 saturated heterocycles. The van der Waals surface area contributed by atoms with E-state index in [1.54, 1.807) is 0 Å². The number of ketones is 1. The average molecular weight is 237 g/mol. The SMILES string of the molecule is COc1ccc(F)cc1C(=O)CNCC1CC1. The second kappa shape index (κ2) is 5.27. The molecular weight excluding hydrogens is 221 g/mol. The third kappa shape index (κ3) is 3.27. The van der Waals surface area contributed by atoms with Crippen molar-refractivity contribution < 1.29 is 13.9 Å². The summed E-state index contributed by atoms with van der Waals surface area (Å²) in [5, 5.41) is 3.09. The number of carbonyl (C=O) groups excluding carboxylic acids is 1. The zero-order valence-electron chi connectivity index (χ0n) is 9.83. The number of halogens is 1. The van der Waals surface area contributed by atoms with E-state index in [2.05, 4.69) is 5.32 Å². The van der Waals surface area contributed by atoms with Gasteiger partial charge in [-0.15, -0.1) is 0 Å². The molecule has 1 aliphatic rings. The summed E-state index contributed by atoms with van der Waals surface area (Å²) in [5.41, 5.74) is 0.302. The number of methoxy groups -OCH3 is 1. The number of hydrogen-bond acceptors (Lipinski definition) is 3. The van der Waals surface area contributed by atoms with E-state index in [-0.39, 0.29) is 12.3 Å². The molecule has 0 amide bonds. The summed E-state index contributed by atoms with van der Waals surface area (Å²) >= 11 is 0. The van der Waals surface area contributed by atoms with E-state index in [0.717, 1.165) is 12.5 Å². The van der Waals surface area contributed by atoms with Crippen LogP contribution in [0.3, 0.4) is 0 Å². The third-order valence-corrected chi connectivity index (χ3v) is 2.88. The second-order valence-electron chi connectivity index (χ2n) is 4.34. The maximum atomic E-state index is 13.1. The van der Waals surface area contributed by atoms with Crippen molar-refractivity contribution in [3.8, 4) is 5.75 Å². The molecule has 1 saturated carbocycles. The Labute approximate surface area is 100.0 Å². The molecule has 0 aliphatic heterocycles. The fourth-order valence-electron chi connectivity index (χ4n) is 1.71. The van der Waals surface area contributed by atoms with E-state index in [1.807, 2.05) is 0 Å². The lowest BCUT2D eigenvalue weighted by Crippen LogP contribution is -2.25. The van der Waals surface area contributed by atoms with Gasteiger partial charge in [-0.3, -0.25) is 4.79 Å². The normalized spacial score (nSPS) is 14.7. The standard InChI is InChI=1S/C13H16FNO2/c1-17-13-5-4-10(14)6-11(13)12(16)8-15-7-9-2-3-9/h4-6,9,15H,2-3,7-8H2,1H3. The summed E-state index contributed by atoms with van der Waals surface area (Å²) in [4.78, 5) is 11.9.